The van der Waals surface area contributed by atoms with Crippen molar-refractivity contribution in [2.75, 3.05) is 39.2 Å². The van der Waals surface area contributed by atoms with E-state index in [1.54, 1.807) is 12.0 Å². The zero-order valence-corrected chi connectivity index (χ0v) is 18.2. The van der Waals surface area contributed by atoms with Crippen LogP contribution < -0.4 is 9.64 Å². The third-order valence-electron chi connectivity index (χ3n) is 4.25. The summed E-state index contributed by atoms with van der Waals surface area (Å²) in [7, 11) is 5.63. The van der Waals surface area contributed by atoms with E-state index in [0.717, 1.165) is 32.5 Å². The highest BCUT2D eigenvalue weighted by Crippen LogP contribution is 2.36. The summed E-state index contributed by atoms with van der Waals surface area (Å²) < 4.78 is 7.45. The average molecular weight is 448 g/mol. The maximum absolute atomic E-state index is 13.2. The highest BCUT2D eigenvalue weighted by Gasteiger charge is 2.23. The monoisotopic (exact) mass is 447 g/mol. The number of thiazole rings is 1. The highest BCUT2D eigenvalue weighted by atomic mass is 79.9. The van der Waals surface area contributed by atoms with Gasteiger partial charge in [-0.2, -0.15) is 0 Å². The Hall–Kier alpha value is -1.96. The summed E-state index contributed by atoms with van der Waals surface area (Å²) in [5.41, 5.74) is 2.56. The molecule has 0 atom stereocenters. The number of ether oxygens (including phenoxy) is 1. The minimum absolute atomic E-state index is 0.0555. The summed E-state index contributed by atoms with van der Waals surface area (Å²) in [5, 5.41) is 0.687. The summed E-state index contributed by atoms with van der Waals surface area (Å²) in [6, 6.07) is 11.3. The number of aromatic nitrogens is 1. The number of rotatable bonds is 6. The van der Waals surface area contributed by atoms with E-state index < -0.39 is 0 Å². The number of nitrogens with zero attached hydrogens (tertiary/aromatic N) is 3. The molecule has 3 rings (SSSR count). The maximum Gasteiger partial charge on any atom is 0.260 e. The third-order valence-corrected chi connectivity index (χ3v) is 5.99. The molecule has 1 aromatic heterocycles. The van der Waals surface area contributed by atoms with Crippen molar-refractivity contribution in [3.8, 4) is 5.75 Å². The molecule has 0 aliphatic carbocycles. The van der Waals surface area contributed by atoms with Gasteiger partial charge >= 0.3 is 0 Å². The number of carbonyl (C=O) groups excluding carboxylic acids is 1. The van der Waals surface area contributed by atoms with Gasteiger partial charge in [-0.3, -0.25) is 9.69 Å². The predicted octanol–water partition coefficient (Wildman–Crippen LogP) is 4.58. The van der Waals surface area contributed by atoms with Crippen LogP contribution in [-0.4, -0.2) is 50.1 Å². The summed E-state index contributed by atoms with van der Waals surface area (Å²) >= 11 is 4.94. The van der Waals surface area contributed by atoms with Crippen LogP contribution in [-0.2, 0) is 0 Å². The van der Waals surface area contributed by atoms with Gasteiger partial charge in [0.05, 0.1) is 11.8 Å². The van der Waals surface area contributed by atoms with Gasteiger partial charge in [0.1, 0.15) is 11.3 Å². The number of fused-ring (bicyclic) bond motifs is 1. The van der Waals surface area contributed by atoms with E-state index >= 15 is 0 Å². The van der Waals surface area contributed by atoms with E-state index in [0.29, 0.717) is 17.2 Å². The lowest BCUT2D eigenvalue weighted by molar-refractivity contribution is 0.0985. The number of aryl methyl sites for hydroxylation is 1. The first-order chi connectivity index (χ1) is 12.9. The largest absolute Gasteiger partial charge is 0.494 e. The van der Waals surface area contributed by atoms with Gasteiger partial charge in [-0.15, -0.1) is 0 Å². The number of amides is 1. The Labute approximate surface area is 171 Å². The SMILES string of the molecule is COc1ccc(C)c2sc(N(CCN(C)C)C(=O)c3ccc(Br)cc3)nc12. The number of anilines is 1. The van der Waals surface area contributed by atoms with Crippen LogP contribution in [0.15, 0.2) is 40.9 Å². The number of carbonyl (C=O) groups is 1. The smallest absolute Gasteiger partial charge is 0.260 e. The Morgan fingerprint density at radius 3 is 2.48 bits per heavy atom. The lowest BCUT2D eigenvalue weighted by Gasteiger charge is -2.22. The summed E-state index contributed by atoms with van der Waals surface area (Å²) in [6.45, 7) is 3.35. The van der Waals surface area contributed by atoms with Crippen LogP contribution in [0.3, 0.4) is 0 Å². The van der Waals surface area contributed by atoms with Crippen molar-refractivity contribution in [2.24, 2.45) is 0 Å². The molecule has 0 N–H and O–H groups in total. The highest BCUT2D eigenvalue weighted by molar-refractivity contribution is 9.10. The van der Waals surface area contributed by atoms with Crippen LogP contribution >= 0.6 is 27.3 Å². The standard InChI is InChI=1S/C20H22BrN3O2S/c1-13-5-10-16(26-4)17-18(13)27-20(22-17)24(12-11-23(2)3)19(25)14-6-8-15(21)9-7-14/h5-10H,11-12H2,1-4H3. The quantitative estimate of drug-likeness (QED) is 0.554. The van der Waals surface area contributed by atoms with E-state index in [2.05, 4.69) is 20.8 Å². The van der Waals surface area contributed by atoms with E-state index in [-0.39, 0.29) is 5.91 Å². The molecule has 142 valence electrons. The number of halogens is 1. The van der Waals surface area contributed by atoms with Crippen molar-refractivity contribution >= 4 is 48.5 Å². The molecule has 0 aliphatic rings. The minimum Gasteiger partial charge on any atom is -0.494 e. The predicted molar refractivity (Wildman–Crippen MR) is 115 cm³/mol. The van der Waals surface area contributed by atoms with E-state index in [9.17, 15) is 4.79 Å². The molecule has 27 heavy (non-hydrogen) atoms. The Kier molecular flexibility index (Phi) is 6.14. The van der Waals surface area contributed by atoms with Crippen LogP contribution in [0.5, 0.6) is 5.75 Å². The lowest BCUT2D eigenvalue weighted by atomic mass is 10.2. The van der Waals surface area contributed by atoms with Gasteiger partial charge in [-0.05, 0) is 56.9 Å². The molecule has 0 bridgehead atoms. The van der Waals surface area contributed by atoms with Crippen molar-refractivity contribution in [2.45, 2.75) is 6.92 Å². The van der Waals surface area contributed by atoms with Crippen molar-refractivity contribution in [1.29, 1.82) is 0 Å². The molecular weight excluding hydrogens is 426 g/mol. The molecule has 1 amide bonds. The molecule has 0 unspecified atom stereocenters. The fourth-order valence-corrected chi connectivity index (χ4v) is 4.05. The molecule has 0 aliphatic heterocycles. The van der Waals surface area contributed by atoms with E-state index in [1.165, 1.54) is 11.3 Å². The molecule has 0 saturated heterocycles. The zero-order valence-electron chi connectivity index (χ0n) is 15.8. The average Bonchev–Trinajstić information content (AvgIpc) is 3.08. The van der Waals surface area contributed by atoms with Gasteiger partial charge in [0.15, 0.2) is 5.13 Å². The fourth-order valence-electron chi connectivity index (χ4n) is 2.71. The third kappa shape index (κ3) is 4.31. The van der Waals surface area contributed by atoms with Crippen molar-refractivity contribution in [3.05, 3.63) is 52.0 Å². The maximum atomic E-state index is 13.2. The number of benzene rings is 2. The van der Waals surface area contributed by atoms with Crippen molar-refractivity contribution < 1.29 is 9.53 Å². The van der Waals surface area contributed by atoms with Gasteiger partial charge < -0.3 is 9.64 Å². The Morgan fingerprint density at radius 2 is 1.85 bits per heavy atom. The Morgan fingerprint density at radius 1 is 1.15 bits per heavy atom. The van der Waals surface area contributed by atoms with Gasteiger partial charge in [0.2, 0.25) is 0 Å². The molecular formula is C20H22BrN3O2S. The Bertz CT molecular complexity index is 954. The summed E-state index contributed by atoms with van der Waals surface area (Å²) in [6.07, 6.45) is 0. The fraction of sp³-hybridized carbons (Fsp3) is 0.300. The molecule has 3 aromatic rings. The normalized spacial score (nSPS) is 11.2. The molecule has 1 heterocycles. The first-order valence-electron chi connectivity index (χ1n) is 8.57. The van der Waals surface area contributed by atoms with Crippen molar-refractivity contribution in [3.63, 3.8) is 0 Å². The van der Waals surface area contributed by atoms with Crippen LogP contribution in [0.2, 0.25) is 0 Å². The second-order valence-corrected chi connectivity index (χ2v) is 8.42. The Balaban J connectivity index is 2.05. The van der Waals surface area contributed by atoms with Crippen molar-refractivity contribution in [1.82, 2.24) is 9.88 Å². The first kappa shape index (κ1) is 19.8. The van der Waals surface area contributed by atoms with E-state index in [4.69, 9.17) is 9.72 Å². The topological polar surface area (TPSA) is 45.7 Å². The van der Waals surface area contributed by atoms with Gasteiger partial charge in [0, 0.05) is 23.1 Å². The zero-order chi connectivity index (χ0) is 19.6. The molecule has 5 nitrogen and oxygen atoms in total. The van der Waals surface area contributed by atoms with Crippen LogP contribution in [0, 0.1) is 6.92 Å². The number of likely N-dealkylation sites (N-methyl/N-ethyl adjacent to an activating group) is 1. The number of hydrogen-bond donors (Lipinski definition) is 0. The molecule has 0 radical (unpaired) electrons. The second kappa shape index (κ2) is 8.37. The second-order valence-electron chi connectivity index (χ2n) is 6.53. The molecule has 0 spiro atoms. The summed E-state index contributed by atoms with van der Waals surface area (Å²) in [4.78, 5) is 21.8. The number of methoxy groups -OCH3 is 1. The molecule has 2 aromatic carbocycles. The minimum atomic E-state index is -0.0555. The van der Waals surface area contributed by atoms with Crippen LogP contribution in [0.25, 0.3) is 10.2 Å². The van der Waals surface area contributed by atoms with Gasteiger partial charge in [-0.25, -0.2) is 4.98 Å². The number of hydrogen-bond acceptors (Lipinski definition) is 5. The molecule has 0 fully saturated rings. The van der Waals surface area contributed by atoms with Crippen LogP contribution in [0.4, 0.5) is 5.13 Å². The summed E-state index contributed by atoms with van der Waals surface area (Å²) in [5.74, 6) is 0.668. The molecule has 7 heteroatoms. The van der Waals surface area contributed by atoms with Gasteiger partial charge in [-0.1, -0.05) is 33.3 Å². The van der Waals surface area contributed by atoms with Gasteiger partial charge in [0.25, 0.3) is 5.91 Å². The van der Waals surface area contributed by atoms with E-state index in [1.807, 2.05) is 57.4 Å². The first-order valence-corrected chi connectivity index (χ1v) is 10.2. The molecule has 0 saturated carbocycles. The van der Waals surface area contributed by atoms with Crippen LogP contribution in [0.1, 0.15) is 15.9 Å². The lowest BCUT2D eigenvalue weighted by Crippen LogP contribution is -2.36.